The quantitative estimate of drug-likeness (QED) is 0.292. The molecule has 0 atom stereocenters. The Bertz CT molecular complexity index is 1390. The highest BCUT2D eigenvalue weighted by molar-refractivity contribution is 6.42. The van der Waals surface area contributed by atoms with Gasteiger partial charge in [0.25, 0.3) is 0 Å². The minimum atomic E-state index is -0.475. The van der Waals surface area contributed by atoms with Crippen molar-refractivity contribution in [2.45, 2.75) is 31.7 Å². The highest BCUT2D eigenvalue weighted by atomic mass is 35.5. The highest BCUT2D eigenvalue weighted by Crippen LogP contribution is 2.42. The summed E-state index contributed by atoms with van der Waals surface area (Å²) in [6.07, 6.45) is 4.08. The molecule has 0 unspecified atom stereocenters. The Kier molecular flexibility index (Phi) is 5.84. The van der Waals surface area contributed by atoms with E-state index in [1.54, 1.807) is 19.2 Å². The molecule has 0 bridgehead atoms. The standard InChI is InChI=1S/C27H23Cl2N3O2/c1-17(2)34-26(33)31-27(13-6-14-27)20-11-9-18(10-12-20)24-25(19-7-4-3-5-8-19)32-16-22(29)21(28)15-23(32)30-24/h3-5,7-12,15-16H,1,6,13-14H2,2H3,(H,31,33). The van der Waals surface area contributed by atoms with E-state index in [2.05, 4.69) is 11.9 Å². The van der Waals surface area contributed by atoms with Crippen molar-refractivity contribution in [3.63, 3.8) is 0 Å². The van der Waals surface area contributed by atoms with Crippen LogP contribution < -0.4 is 5.32 Å². The molecule has 0 aliphatic heterocycles. The maximum atomic E-state index is 12.3. The van der Waals surface area contributed by atoms with E-state index in [9.17, 15) is 4.79 Å². The number of nitrogens with zero attached hydrogens (tertiary/aromatic N) is 2. The molecule has 1 fully saturated rings. The lowest BCUT2D eigenvalue weighted by molar-refractivity contribution is 0.132. The molecule has 1 saturated carbocycles. The number of benzene rings is 2. The third-order valence-electron chi connectivity index (χ3n) is 6.24. The van der Waals surface area contributed by atoms with Crippen LogP contribution in [0.4, 0.5) is 4.79 Å². The third kappa shape index (κ3) is 4.06. The second kappa shape index (κ2) is 8.82. The molecule has 1 aliphatic carbocycles. The molecule has 34 heavy (non-hydrogen) atoms. The number of fused-ring (bicyclic) bond motifs is 1. The molecular weight excluding hydrogens is 469 g/mol. The maximum Gasteiger partial charge on any atom is 0.412 e. The highest BCUT2D eigenvalue weighted by Gasteiger charge is 2.40. The Morgan fingerprint density at radius 2 is 1.76 bits per heavy atom. The van der Waals surface area contributed by atoms with E-state index >= 15 is 0 Å². The number of pyridine rings is 1. The largest absolute Gasteiger partial charge is 0.416 e. The van der Waals surface area contributed by atoms with Crippen molar-refractivity contribution in [2.24, 2.45) is 0 Å². The first-order valence-corrected chi connectivity index (χ1v) is 11.8. The number of amides is 1. The molecule has 2 aromatic carbocycles. The van der Waals surface area contributed by atoms with Crippen LogP contribution in [0.5, 0.6) is 0 Å². The fourth-order valence-corrected chi connectivity index (χ4v) is 4.75. The van der Waals surface area contributed by atoms with Crippen molar-refractivity contribution in [2.75, 3.05) is 0 Å². The van der Waals surface area contributed by atoms with Crippen LogP contribution in [0, 0.1) is 0 Å². The number of hydrogen-bond acceptors (Lipinski definition) is 3. The minimum absolute atomic E-state index is 0.364. The lowest BCUT2D eigenvalue weighted by atomic mass is 9.71. The van der Waals surface area contributed by atoms with Crippen molar-refractivity contribution in [3.05, 3.63) is 94.8 Å². The summed E-state index contributed by atoms with van der Waals surface area (Å²) in [5.74, 6) is 0.364. The van der Waals surface area contributed by atoms with Crippen LogP contribution in [-0.2, 0) is 10.3 Å². The summed E-state index contributed by atoms with van der Waals surface area (Å²) in [5.41, 5.74) is 5.07. The predicted octanol–water partition coefficient (Wildman–Crippen LogP) is 7.61. The first-order valence-electron chi connectivity index (χ1n) is 11.1. The van der Waals surface area contributed by atoms with Gasteiger partial charge in [0.1, 0.15) is 5.65 Å². The van der Waals surface area contributed by atoms with Crippen molar-refractivity contribution < 1.29 is 9.53 Å². The smallest absolute Gasteiger partial charge is 0.412 e. The lowest BCUT2D eigenvalue weighted by Crippen LogP contribution is -2.50. The molecule has 2 heterocycles. The Balaban J connectivity index is 1.56. The van der Waals surface area contributed by atoms with Gasteiger partial charge in [-0.1, -0.05) is 84.4 Å². The van der Waals surface area contributed by atoms with Crippen LogP contribution in [0.15, 0.2) is 79.2 Å². The molecule has 1 N–H and O–H groups in total. The fraction of sp³-hybridized carbons (Fsp3) is 0.185. The van der Waals surface area contributed by atoms with E-state index in [1.165, 1.54) is 0 Å². The summed E-state index contributed by atoms with van der Waals surface area (Å²) >= 11 is 12.6. The number of aromatic nitrogens is 2. The van der Waals surface area contributed by atoms with Crippen LogP contribution in [-0.4, -0.2) is 15.5 Å². The molecule has 5 rings (SSSR count). The molecular formula is C27H23Cl2N3O2. The maximum absolute atomic E-state index is 12.3. The summed E-state index contributed by atoms with van der Waals surface area (Å²) in [4.78, 5) is 17.1. The van der Waals surface area contributed by atoms with Crippen LogP contribution >= 0.6 is 23.2 Å². The molecule has 0 saturated heterocycles. The fourth-order valence-electron chi connectivity index (χ4n) is 4.46. The monoisotopic (exact) mass is 491 g/mol. The van der Waals surface area contributed by atoms with Crippen molar-refractivity contribution in [1.29, 1.82) is 0 Å². The van der Waals surface area contributed by atoms with Gasteiger partial charge in [0.15, 0.2) is 0 Å². The first-order chi connectivity index (χ1) is 16.4. The topological polar surface area (TPSA) is 55.6 Å². The normalized spacial score (nSPS) is 14.4. The van der Waals surface area contributed by atoms with Gasteiger partial charge in [-0.25, -0.2) is 9.78 Å². The summed E-state index contributed by atoms with van der Waals surface area (Å²) in [5, 5.41) is 3.96. The number of allylic oxidation sites excluding steroid dienone is 1. The number of halogens is 2. The molecule has 0 spiro atoms. The number of ether oxygens (including phenoxy) is 1. The zero-order valence-electron chi connectivity index (χ0n) is 18.6. The first kappa shape index (κ1) is 22.5. The molecule has 5 nitrogen and oxygen atoms in total. The molecule has 4 aromatic rings. The summed E-state index contributed by atoms with van der Waals surface area (Å²) in [6.45, 7) is 5.29. The number of rotatable bonds is 5. The Morgan fingerprint density at radius 3 is 2.38 bits per heavy atom. The average molecular weight is 492 g/mol. The second-order valence-corrected chi connectivity index (χ2v) is 9.42. The van der Waals surface area contributed by atoms with Crippen LogP contribution in [0.1, 0.15) is 31.7 Å². The Hall–Kier alpha value is -3.28. The number of carbonyl (C=O) groups excluding carboxylic acids is 1. The molecule has 0 radical (unpaired) electrons. The average Bonchev–Trinajstić information content (AvgIpc) is 3.15. The van der Waals surface area contributed by atoms with Gasteiger partial charge in [-0.2, -0.15) is 0 Å². The van der Waals surface area contributed by atoms with Gasteiger partial charge in [-0.3, -0.25) is 4.40 Å². The van der Waals surface area contributed by atoms with Gasteiger partial charge in [0, 0.05) is 23.4 Å². The summed E-state index contributed by atoms with van der Waals surface area (Å²) in [6, 6.07) is 20.0. The van der Waals surface area contributed by atoms with Gasteiger partial charge in [-0.05, 0) is 31.7 Å². The van der Waals surface area contributed by atoms with E-state index in [1.807, 2.05) is 59.0 Å². The third-order valence-corrected chi connectivity index (χ3v) is 6.95. The number of nitrogens with one attached hydrogen (secondary N) is 1. The van der Waals surface area contributed by atoms with E-state index < -0.39 is 11.6 Å². The number of imidazole rings is 1. The minimum Gasteiger partial charge on any atom is -0.416 e. The lowest BCUT2D eigenvalue weighted by Gasteiger charge is -2.42. The SMILES string of the molecule is C=C(C)OC(=O)NC1(c2ccc(-c3nc4cc(Cl)c(Cl)cn4c3-c3ccccc3)cc2)CCC1. The van der Waals surface area contributed by atoms with Crippen LogP contribution in [0.2, 0.25) is 10.0 Å². The van der Waals surface area contributed by atoms with Gasteiger partial charge in [-0.15, -0.1) is 0 Å². The summed E-state index contributed by atoms with van der Waals surface area (Å²) in [7, 11) is 0. The number of carbonyl (C=O) groups is 1. The van der Waals surface area contributed by atoms with E-state index in [0.717, 1.165) is 47.3 Å². The zero-order valence-corrected chi connectivity index (χ0v) is 20.2. The number of hydrogen-bond donors (Lipinski definition) is 1. The van der Waals surface area contributed by atoms with Gasteiger partial charge in [0.05, 0.1) is 32.7 Å². The summed E-state index contributed by atoms with van der Waals surface area (Å²) < 4.78 is 7.10. The van der Waals surface area contributed by atoms with E-state index in [-0.39, 0.29) is 0 Å². The molecule has 2 aromatic heterocycles. The zero-order chi connectivity index (χ0) is 23.9. The van der Waals surface area contributed by atoms with Crippen LogP contribution in [0.3, 0.4) is 0 Å². The molecule has 7 heteroatoms. The Labute approximate surface area is 208 Å². The van der Waals surface area contributed by atoms with Crippen molar-refractivity contribution in [1.82, 2.24) is 14.7 Å². The Morgan fingerprint density at radius 1 is 1.06 bits per heavy atom. The molecule has 172 valence electrons. The van der Waals surface area contributed by atoms with E-state index in [0.29, 0.717) is 21.5 Å². The second-order valence-electron chi connectivity index (χ2n) is 8.60. The predicted molar refractivity (Wildman–Crippen MR) is 136 cm³/mol. The van der Waals surface area contributed by atoms with Gasteiger partial charge in [0.2, 0.25) is 0 Å². The molecule has 1 aliphatic rings. The van der Waals surface area contributed by atoms with Crippen molar-refractivity contribution >= 4 is 34.9 Å². The van der Waals surface area contributed by atoms with E-state index in [4.69, 9.17) is 32.9 Å². The van der Waals surface area contributed by atoms with Crippen molar-refractivity contribution in [3.8, 4) is 22.5 Å². The molecule has 1 amide bonds. The van der Waals surface area contributed by atoms with Gasteiger partial charge < -0.3 is 10.1 Å². The van der Waals surface area contributed by atoms with Gasteiger partial charge >= 0.3 is 6.09 Å². The number of alkyl carbamates (subject to hydrolysis) is 1. The van der Waals surface area contributed by atoms with Crippen LogP contribution in [0.25, 0.3) is 28.2 Å².